The molecule has 0 saturated carbocycles. The van der Waals surface area contributed by atoms with Gasteiger partial charge in [0.2, 0.25) is 5.78 Å². The Labute approximate surface area is 199 Å². The van der Waals surface area contributed by atoms with Crippen molar-refractivity contribution in [2.24, 2.45) is 14.1 Å². The average molecular weight is 476 g/mol. The maximum Gasteiger partial charge on any atom is 0.332 e. The van der Waals surface area contributed by atoms with Crippen molar-refractivity contribution >= 4 is 16.9 Å². The first-order chi connectivity index (χ1) is 16.8. The summed E-state index contributed by atoms with van der Waals surface area (Å²) in [6.07, 6.45) is 0.952. The molecule has 35 heavy (non-hydrogen) atoms. The van der Waals surface area contributed by atoms with E-state index in [1.165, 1.54) is 11.6 Å². The third-order valence-electron chi connectivity index (χ3n) is 6.28. The molecule has 10 nitrogen and oxygen atoms in total. The highest BCUT2D eigenvalue weighted by molar-refractivity contribution is 5.78. The number of aliphatic hydroxyl groups excluding tert-OH is 1. The number of rotatable bonds is 6. The number of fused-ring (bicyclic) bond motifs is 3. The molecule has 0 aliphatic heterocycles. The number of aliphatic hydroxyl groups is 1. The molecule has 0 amide bonds. The zero-order valence-corrected chi connectivity index (χ0v) is 19.8. The molecule has 5 rings (SSSR count). The summed E-state index contributed by atoms with van der Waals surface area (Å²) >= 11 is 0. The lowest BCUT2D eigenvalue weighted by atomic mass is 10.1. The number of aryl methyl sites for hydroxylation is 1. The number of methoxy groups -OCH3 is 2. The minimum absolute atomic E-state index is 0.168. The van der Waals surface area contributed by atoms with E-state index in [2.05, 4.69) is 4.98 Å². The molecule has 0 aliphatic carbocycles. The van der Waals surface area contributed by atoms with Crippen molar-refractivity contribution in [2.45, 2.75) is 12.6 Å². The topological polar surface area (TPSA) is 105 Å². The van der Waals surface area contributed by atoms with Crippen molar-refractivity contribution < 1.29 is 14.6 Å². The molecule has 1 unspecified atom stereocenters. The fourth-order valence-electron chi connectivity index (χ4n) is 4.37. The predicted octanol–water partition coefficient (Wildman–Crippen LogP) is 2.10. The summed E-state index contributed by atoms with van der Waals surface area (Å²) in [6.45, 7) is 0.168. The van der Waals surface area contributed by atoms with Crippen LogP contribution in [0.15, 0.2) is 64.3 Å². The zero-order valence-electron chi connectivity index (χ0n) is 19.8. The van der Waals surface area contributed by atoms with E-state index in [0.29, 0.717) is 23.0 Å². The molecule has 3 aromatic heterocycles. The monoisotopic (exact) mass is 475 g/mol. The van der Waals surface area contributed by atoms with E-state index < -0.39 is 17.4 Å². The highest BCUT2D eigenvalue weighted by Crippen LogP contribution is 2.34. The molecule has 0 bridgehead atoms. The number of hydrogen-bond acceptors (Lipinski definition) is 6. The summed E-state index contributed by atoms with van der Waals surface area (Å²) in [6, 6.07) is 14.8. The van der Waals surface area contributed by atoms with Gasteiger partial charge in [-0.25, -0.2) is 4.79 Å². The summed E-state index contributed by atoms with van der Waals surface area (Å²) in [5.74, 6) is 1.55. The van der Waals surface area contributed by atoms with Crippen molar-refractivity contribution in [3.63, 3.8) is 0 Å². The van der Waals surface area contributed by atoms with E-state index in [0.717, 1.165) is 15.7 Å². The summed E-state index contributed by atoms with van der Waals surface area (Å²) in [7, 11) is 6.14. The maximum absolute atomic E-state index is 13.1. The number of benzene rings is 2. The van der Waals surface area contributed by atoms with Gasteiger partial charge in [0.05, 0.1) is 32.6 Å². The van der Waals surface area contributed by atoms with Gasteiger partial charge in [-0.2, -0.15) is 4.98 Å². The van der Waals surface area contributed by atoms with Gasteiger partial charge >= 0.3 is 5.69 Å². The van der Waals surface area contributed by atoms with Crippen LogP contribution in [-0.4, -0.2) is 42.4 Å². The Balaban J connectivity index is 1.80. The largest absolute Gasteiger partial charge is 0.493 e. The Hall–Kier alpha value is -4.31. The van der Waals surface area contributed by atoms with Crippen molar-refractivity contribution in [1.82, 2.24) is 23.1 Å². The molecule has 3 heterocycles. The van der Waals surface area contributed by atoms with Gasteiger partial charge < -0.3 is 19.1 Å². The van der Waals surface area contributed by atoms with Crippen LogP contribution >= 0.6 is 0 Å². The van der Waals surface area contributed by atoms with Crippen LogP contribution in [0.1, 0.15) is 11.7 Å². The molecule has 10 heteroatoms. The first-order valence-electron chi connectivity index (χ1n) is 11.0. The van der Waals surface area contributed by atoms with Gasteiger partial charge in [-0.15, -0.1) is 0 Å². The first kappa shape index (κ1) is 22.5. The van der Waals surface area contributed by atoms with Crippen molar-refractivity contribution in [1.29, 1.82) is 0 Å². The molecular weight excluding hydrogens is 450 g/mol. The van der Waals surface area contributed by atoms with Crippen molar-refractivity contribution in [3.8, 4) is 22.8 Å². The Kier molecular flexibility index (Phi) is 5.45. The number of hydrogen-bond donors (Lipinski definition) is 1. The van der Waals surface area contributed by atoms with Gasteiger partial charge in [0, 0.05) is 25.9 Å². The standard InChI is InChI=1S/C25H25N5O5/c1-27-22-21(23(32)28(2)25(27)33)30-13-17(16-10-11-19(34-3)20(12-16)35-4)29(24(30)26-22)14-18(31)15-8-6-5-7-9-15/h5-13,18,31H,14H2,1-4H3. The van der Waals surface area contributed by atoms with Crippen LogP contribution in [-0.2, 0) is 20.6 Å². The van der Waals surface area contributed by atoms with Crippen LogP contribution in [0.2, 0.25) is 0 Å². The Bertz CT molecular complexity index is 1680. The quantitative estimate of drug-likeness (QED) is 0.403. The number of nitrogens with zero attached hydrogens (tertiary/aromatic N) is 5. The fraction of sp³-hybridized carbons (Fsp3) is 0.240. The van der Waals surface area contributed by atoms with E-state index in [-0.39, 0.29) is 17.7 Å². The fourth-order valence-corrected chi connectivity index (χ4v) is 4.37. The summed E-state index contributed by atoms with van der Waals surface area (Å²) in [4.78, 5) is 30.2. The molecule has 180 valence electrons. The van der Waals surface area contributed by atoms with Crippen molar-refractivity contribution in [2.75, 3.05) is 14.2 Å². The molecule has 1 N–H and O–H groups in total. The van der Waals surface area contributed by atoms with E-state index in [9.17, 15) is 14.7 Å². The second-order valence-electron chi connectivity index (χ2n) is 8.28. The van der Waals surface area contributed by atoms with Gasteiger partial charge in [-0.05, 0) is 23.8 Å². The average Bonchev–Trinajstić information content (AvgIpc) is 3.43. The lowest BCUT2D eigenvalue weighted by molar-refractivity contribution is 0.158. The summed E-state index contributed by atoms with van der Waals surface area (Å²) < 4.78 is 16.8. The summed E-state index contributed by atoms with van der Waals surface area (Å²) in [5, 5.41) is 11.1. The first-order valence-corrected chi connectivity index (χ1v) is 11.0. The van der Waals surface area contributed by atoms with Gasteiger partial charge in [-0.1, -0.05) is 30.3 Å². The molecule has 5 aromatic rings. The molecule has 0 radical (unpaired) electrons. The van der Waals surface area contributed by atoms with E-state index >= 15 is 0 Å². The van der Waals surface area contributed by atoms with E-state index in [4.69, 9.17) is 9.47 Å². The van der Waals surface area contributed by atoms with Crippen LogP contribution in [0.3, 0.4) is 0 Å². The second-order valence-corrected chi connectivity index (χ2v) is 8.28. The minimum Gasteiger partial charge on any atom is -0.493 e. The third-order valence-corrected chi connectivity index (χ3v) is 6.28. The van der Waals surface area contributed by atoms with Crippen LogP contribution in [0.25, 0.3) is 28.2 Å². The molecule has 0 fully saturated rings. The van der Waals surface area contributed by atoms with Crippen LogP contribution in [0.5, 0.6) is 11.5 Å². The zero-order chi connectivity index (χ0) is 24.9. The number of ether oxygens (including phenoxy) is 2. The van der Waals surface area contributed by atoms with Crippen LogP contribution < -0.4 is 20.7 Å². The molecule has 2 aromatic carbocycles. The van der Waals surface area contributed by atoms with E-state index in [1.54, 1.807) is 37.9 Å². The van der Waals surface area contributed by atoms with Crippen LogP contribution in [0.4, 0.5) is 0 Å². The lowest BCUT2D eigenvalue weighted by Gasteiger charge is -2.16. The molecule has 1 atom stereocenters. The predicted molar refractivity (Wildman–Crippen MR) is 131 cm³/mol. The lowest BCUT2D eigenvalue weighted by Crippen LogP contribution is -2.37. The highest BCUT2D eigenvalue weighted by atomic mass is 16.5. The number of aromatic nitrogens is 5. The minimum atomic E-state index is -0.835. The van der Waals surface area contributed by atoms with Crippen LogP contribution in [0, 0.1) is 0 Å². The van der Waals surface area contributed by atoms with Gasteiger partial charge in [0.25, 0.3) is 5.56 Å². The highest BCUT2D eigenvalue weighted by Gasteiger charge is 2.23. The van der Waals surface area contributed by atoms with Gasteiger partial charge in [0.1, 0.15) is 0 Å². The number of imidazole rings is 2. The third kappa shape index (κ3) is 3.50. The van der Waals surface area contributed by atoms with Crippen molar-refractivity contribution in [3.05, 3.63) is 81.1 Å². The maximum atomic E-state index is 13.1. The Morgan fingerprint density at radius 1 is 0.971 bits per heavy atom. The van der Waals surface area contributed by atoms with Gasteiger partial charge in [-0.3, -0.25) is 18.3 Å². The summed E-state index contributed by atoms with van der Waals surface area (Å²) in [5.41, 5.74) is 1.88. The molecule has 0 aliphatic rings. The Morgan fingerprint density at radius 2 is 1.69 bits per heavy atom. The molecule has 0 saturated heterocycles. The molecule has 0 spiro atoms. The van der Waals surface area contributed by atoms with E-state index in [1.807, 2.05) is 47.0 Å². The Morgan fingerprint density at radius 3 is 2.37 bits per heavy atom. The smallest absolute Gasteiger partial charge is 0.332 e. The molecular formula is C25H25N5O5. The SMILES string of the molecule is COc1ccc(-c2cn3c4c(=O)n(C)c(=O)n(C)c4nc3n2CC(O)c2ccccc2)cc1OC. The van der Waals surface area contributed by atoms with Gasteiger partial charge in [0.15, 0.2) is 22.7 Å². The normalized spacial score (nSPS) is 12.4. The second kappa shape index (κ2) is 8.48.